The van der Waals surface area contributed by atoms with Crippen LogP contribution in [0.15, 0.2) is 6.20 Å². The topological polar surface area (TPSA) is 78.1 Å². The van der Waals surface area contributed by atoms with Gasteiger partial charge in [0.15, 0.2) is 11.6 Å². The number of methoxy groups -OCH3 is 1. The molecule has 1 heterocycles. The molecule has 1 rings (SSSR count). The molecular weight excluding hydrogens is 158 g/mol. The van der Waals surface area contributed by atoms with Gasteiger partial charge in [0.1, 0.15) is 5.69 Å². The first-order valence-electron chi connectivity index (χ1n) is 3.32. The van der Waals surface area contributed by atoms with E-state index in [-0.39, 0.29) is 17.3 Å². The fourth-order valence-electron chi connectivity index (χ4n) is 0.756. The third kappa shape index (κ3) is 1.50. The fraction of sp³-hybridized carbons (Fsp3) is 0.286. The lowest BCUT2D eigenvalue weighted by atomic mass is 10.3. The van der Waals surface area contributed by atoms with Crippen LogP contribution in [0.3, 0.4) is 0 Å². The number of rotatable bonds is 2. The maximum Gasteiger partial charge on any atom is 0.234 e. The summed E-state index contributed by atoms with van der Waals surface area (Å²) >= 11 is 0. The van der Waals surface area contributed by atoms with Gasteiger partial charge in [-0.1, -0.05) is 0 Å². The van der Waals surface area contributed by atoms with E-state index in [1.165, 1.54) is 20.2 Å². The molecule has 64 valence electrons. The van der Waals surface area contributed by atoms with Crippen molar-refractivity contribution in [3.63, 3.8) is 0 Å². The molecule has 0 spiro atoms. The number of anilines is 1. The summed E-state index contributed by atoms with van der Waals surface area (Å²) in [7, 11) is 1.46. The predicted molar refractivity (Wildman–Crippen MR) is 43.0 cm³/mol. The summed E-state index contributed by atoms with van der Waals surface area (Å²) in [5.74, 6) is 0.196. The number of hydrogen-bond donors (Lipinski definition) is 1. The molecule has 1 aromatic rings. The number of hydrogen-bond acceptors (Lipinski definition) is 5. The van der Waals surface area contributed by atoms with Crippen molar-refractivity contribution in [3.05, 3.63) is 11.9 Å². The molecule has 0 unspecified atom stereocenters. The second-order valence-electron chi connectivity index (χ2n) is 2.20. The van der Waals surface area contributed by atoms with Crippen LogP contribution in [0.25, 0.3) is 0 Å². The average molecular weight is 167 g/mol. The molecule has 0 radical (unpaired) electrons. The smallest absolute Gasteiger partial charge is 0.234 e. The average Bonchev–Trinajstić information content (AvgIpc) is 2.03. The molecule has 5 nitrogen and oxygen atoms in total. The Kier molecular flexibility index (Phi) is 2.23. The minimum atomic E-state index is -0.206. The van der Waals surface area contributed by atoms with E-state index in [1.54, 1.807) is 0 Å². The summed E-state index contributed by atoms with van der Waals surface area (Å²) in [6.07, 6.45) is 1.35. The third-order valence-electron chi connectivity index (χ3n) is 1.32. The van der Waals surface area contributed by atoms with Gasteiger partial charge in [-0.15, -0.1) is 0 Å². The van der Waals surface area contributed by atoms with Crippen LogP contribution in [0.2, 0.25) is 0 Å². The number of carbonyl (C=O) groups is 1. The molecule has 0 saturated carbocycles. The monoisotopic (exact) mass is 167 g/mol. The van der Waals surface area contributed by atoms with Gasteiger partial charge in [-0.3, -0.25) is 4.79 Å². The van der Waals surface area contributed by atoms with Crippen LogP contribution >= 0.6 is 0 Å². The molecule has 5 heteroatoms. The Morgan fingerprint density at radius 3 is 2.75 bits per heavy atom. The van der Waals surface area contributed by atoms with Gasteiger partial charge < -0.3 is 10.5 Å². The van der Waals surface area contributed by atoms with Gasteiger partial charge in [-0.2, -0.15) is 4.98 Å². The van der Waals surface area contributed by atoms with Crippen LogP contribution in [0.1, 0.15) is 17.4 Å². The second-order valence-corrected chi connectivity index (χ2v) is 2.20. The Hall–Kier alpha value is -1.65. The third-order valence-corrected chi connectivity index (χ3v) is 1.32. The molecular formula is C7H9N3O2. The highest BCUT2D eigenvalue weighted by Crippen LogP contribution is 2.10. The summed E-state index contributed by atoms with van der Waals surface area (Å²) in [4.78, 5) is 18.4. The Bertz CT molecular complexity index is 312. The number of nitrogens with two attached hydrogens (primary N) is 1. The molecule has 0 aliphatic carbocycles. The highest BCUT2D eigenvalue weighted by atomic mass is 16.5. The molecule has 12 heavy (non-hydrogen) atoms. The van der Waals surface area contributed by atoms with Crippen molar-refractivity contribution in [2.75, 3.05) is 12.8 Å². The lowest BCUT2D eigenvalue weighted by molar-refractivity contribution is 0.101. The van der Waals surface area contributed by atoms with Gasteiger partial charge in [0.05, 0.1) is 13.3 Å². The zero-order chi connectivity index (χ0) is 9.14. The van der Waals surface area contributed by atoms with E-state index in [0.29, 0.717) is 5.88 Å². The van der Waals surface area contributed by atoms with Crippen molar-refractivity contribution < 1.29 is 9.53 Å². The van der Waals surface area contributed by atoms with Crippen molar-refractivity contribution in [1.29, 1.82) is 0 Å². The van der Waals surface area contributed by atoms with Gasteiger partial charge in [0, 0.05) is 6.92 Å². The number of nitrogen functional groups attached to an aromatic ring is 1. The van der Waals surface area contributed by atoms with Crippen molar-refractivity contribution >= 4 is 11.6 Å². The minimum absolute atomic E-state index is 0.0989. The molecule has 0 bridgehead atoms. The van der Waals surface area contributed by atoms with Crippen LogP contribution in [-0.2, 0) is 0 Å². The van der Waals surface area contributed by atoms with Crippen LogP contribution in [0.5, 0.6) is 5.88 Å². The zero-order valence-electron chi connectivity index (χ0n) is 6.87. The highest BCUT2D eigenvalue weighted by molar-refractivity contribution is 5.96. The Morgan fingerprint density at radius 1 is 1.67 bits per heavy atom. The van der Waals surface area contributed by atoms with Gasteiger partial charge in [-0.05, 0) is 0 Å². The lowest BCUT2D eigenvalue weighted by Gasteiger charge is -2.01. The summed E-state index contributed by atoms with van der Waals surface area (Å²) < 4.78 is 4.76. The molecule has 2 N–H and O–H groups in total. The summed E-state index contributed by atoms with van der Waals surface area (Å²) in [5, 5.41) is 0. The van der Waals surface area contributed by atoms with E-state index in [9.17, 15) is 4.79 Å². The Labute approximate surface area is 69.6 Å². The molecule has 0 aliphatic heterocycles. The van der Waals surface area contributed by atoms with Gasteiger partial charge in [0.2, 0.25) is 5.88 Å². The largest absolute Gasteiger partial charge is 0.480 e. The maximum atomic E-state index is 10.8. The Balaban J connectivity index is 3.12. The van der Waals surface area contributed by atoms with E-state index >= 15 is 0 Å². The van der Waals surface area contributed by atoms with E-state index in [1.807, 2.05) is 0 Å². The number of carbonyl (C=O) groups excluding carboxylic acids is 1. The molecule has 0 aliphatic rings. The Morgan fingerprint density at radius 2 is 2.33 bits per heavy atom. The molecule has 1 aromatic heterocycles. The predicted octanol–water partition coefficient (Wildman–Crippen LogP) is 0.270. The van der Waals surface area contributed by atoms with Crippen LogP contribution in [0, 0.1) is 0 Å². The van der Waals surface area contributed by atoms with Crippen molar-refractivity contribution in [3.8, 4) is 5.88 Å². The molecule has 0 fully saturated rings. The SMILES string of the molecule is COc1cnc(C(C)=O)c(N)n1. The number of Topliss-reactive ketones (excluding diaryl/α,β-unsaturated/α-hetero) is 1. The van der Waals surface area contributed by atoms with E-state index in [4.69, 9.17) is 10.5 Å². The molecule has 0 aromatic carbocycles. The van der Waals surface area contributed by atoms with Crippen molar-refractivity contribution in [2.45, 2.75) is 6.92 Å². The van der Waals surface area contributed by atoms with Gasteiger partial charge in [-0.25, -0.2) is 4.98 Å². The summed E-state index contributed by atoms with van der Waals surface area (Å²) in [6.45, 7) is 1.38. The number of nitrogens with zero attached hydrogens (tertiary/aromatic N) is 2. The zero-order valence-corrected chi connectivity index (χ0v) is 6.87. The number of ketones is 1. The van der Waals surface area contributed by atoms with Crippen molar-refractivity contribution in [2.24, 2.45) is 0 Å². The van der Waals surface area contributed by atoms with Gasteiger partial charge in [0.25, 0.3) is 0 Å². The number of ether oxygens (including phenoxy) is 1. The first-order chi connectivity index (χ1) is 5.65. The molecule has 0 atom stereocenters. The minimum Gasteiger partial charge on any atom is -0.480 e. The first kappa shape index (κ1) is 8.45. The van der Waals surface area contributed by atoms with Crippen LogP contribution in [-0.4, -0.2) is 22.9 Å². The fourth-order valence-corrected chi connectivity index (χ4v) is 0.756. The van der Waals surface area contributed by atoms with Crippen molar-refractivity contribution in [1.82, 2.24) is 9.97 Å². The normalized spacial score (nSPS) is 9.50. The first-order valence-corrected chi connectivity index (χ1v) is 3.32. The quantitative estimate of drug-likeness (QED) is 0.639. The van der Waals surface area contributed by atoms with Crippen LogP contribution < -0.4 is 10.5 Å². The molecule has 0 amide bonds. The van der Waals surface area contributed by atoms with Gasteiger partial charge >= 0.3 is 0 Å². The maximum absolute atomic E-state index is 10.8. The lowest BCUT2D eigenvalue weighted by Crippen LogP contribution is -2.06. The highest BCUT2D eigenvalue weighted by Gasteiger charge is 2.08. The van der Waals surface area contributed by atoms with Crippen LogP contribution in [0.4, 0.5) is 5.82 Å². The summed E-state index contributed by atoms with van der Waals surface area (Å²) in [6, 6.07) is 0. The summed E-state index contributed by atoms with van der Waals surface area (Å²) in [5.41, 5.74) is 5.60. The number of aromatic nitrogens is 2. The standard InChI is InChI=1S/C7H9N3O2/c1-4(11)6-7(8)10-5(12-2)3-9-6/h3H,1-2H3,(H2,8,10). The van der Waals surface area contributed by atoms with E-state index in [2.05, 4.69) is 9.97 Å². The van der Waals surface area contributed by atoms with E-state index < -0.39 is 0 Å². The van der Waals surface area contributed by atoms with E-state index in [0.717, 1.165) is 0 Å². The second kappa shape index (κ2) is 3.17. The molecule has 0 saturated heterocycles.